The van der Waals surface area contributed by atoms with E-state index in [2.05, 4.69) is 19.2 Å². The van der Waals surface area contributed by atoms with Crippen molar-refractivity contribution < 1.29 is 19.0 Å². The largest absolute Gasteiger partial charge is 0.493 e. The molecule has 0 aliphatic rings. The second kappa shape index (κ2) is 11.4. The molecule has 0 unspecified atom stereocenters. The maximum atomic E-state index is 12.1. The van der Waals surface area contributed by atoms with E-state index in [9.17, 15) is 4.79 Å². The van der Waals surface area contributed by atoms with Gasteiger partial charge in [-0.05, 0) is 30.5 Å². The lowest BCUT2D eigenvalue weighted by Crippen LogP contribution is -2.27. The van der Waals surface area contributed by atoms with E-state index in [1.165, 1.54) is 18.9 Å². The van der Waals surface area contributed by atoms with Gasteiger partial charge in [-0.15, -0.1) is 0 Å². The van der Waals surface area contributed by atoms with Crippen molar-refractivity contribution in [3.63, 3.8) is 0 Å². The Hall–Kier alpha value is -2.17. The lowest BCUT2D eigenvalue weighted by molar-refractivity contribution is -0.116. The van der Waals surface area contributed by atoms with Crippen LogP contribution in [-0.2, 0) is 4.79 Å². The summed E-state index contributed by atoms with van der Waals surface area (Å²) in [7, 11) is 4.69. The Labute approximate surface area is 151 Å². The van der Waals surface area contributed by atoms with Crippen LogP contribution in [0.3, 0.4) is 0 Å². The number of amides is 1. The molecule has 0 spiro atoms. The van der Waals surface area contributed by atoms with Crippen LogP contribution in [0.2, 0.25) is 0 Å². The first kappa shape index (κ1) is 20.9. The lowest BCUT2D eigenvalue weighted by Gasteiger charge is -2.15. The van der Waals surface area contributed by atoms with Crippen molar-refractivity contribution in [2.24, 2.45) is 5.92 Å². The van der Waals surface area contributed by atoms with E-state index >= 15 is 0 Å². The van der Waals surface area contributed by atoms with Gasteiger partial charge in [-0.3, -0.25) is 4.79 Å². The Morgan fingerprint density at radius 1 is 1.12 bits per heavy atom. The summed E-state index contributed by atoms with van der Waals surface area (Å²) in [4.78, 5) is 12.1. The average molecular weight is 349 g/mol. The van der Waals surface area contributed by atoms with Gasteiger partial charge in [0.05, 0.1) is 21.3 Å². The number of carbonyl (C=O) groups excluding carboxylic acids is 1. The van der Waals surface area contributed by atoms with E-state index in [1.807, 2.05) is 6.07 Å². The van der Waals surface area contributed by atoms with Gasteiger partial charge >= 0.3 is 0 Å². The van der Waals surface area contributed by atoms with Crippen LogP contribution in [0.5, 0.6) is 17.2 Å². The molecule has 1 aromatic rings. The van der Waals surface area contributed by atoms with Crippen LogP contribution in [0, 0.1) is 5.92 Å². The maximum absolute atomic E-state index is 12.1. The fourth-order valence-electron chi connectivity index (χ4n) is 2.67. The van der Waals surface area contributed by atoms with Crippen molar-refractivity contribution in [3.8, 4) is 17.2 Å². The molecule has 1 aromatic carbocycles. The second-order valence-electron chi connectivity index (χ2n) is 5.92. The molecule has 1 atom stereocenters. The van der Waals surface area contributed by atoms with Crippen LogP contribution in [0.1, 0.15) is 45.1 Å². The average Bonchev–Trinajstić information content (AvgIpc) is 2.65. The van der Waals surface area contributed by atoms with E-state index in [1.54, 1.807) is 33.5 Å². The summed E-state index contributed by atoms with van der Waals surface area (Å²) in [5.74, 6) is 2.07. The predicted octanol–water partition coefficient (Wildman–Crippen LogP) is 4.06. The summed E-state index contributed by atoms with van der Waals surface area (Å²) in [5.41, 5.74) is 0.758. The Balaban J connectivity index is 2.76. The number of hydrogen-bond acceptors (Lipinski definition) is 4. The highest BCUT2D eigenvalue weighted by Gasteiger charge is 2.14. The topological polar surface area (TPSA) is 56.8 Å². The van der Waals surface area contributed by atoms with Crippen LogP contribution in [-0.4, -0.2) is 33.8 Å². The lowest BCUT2D eigenvalue weighted by atomic mass is 9.99. The fourth-order valence-corrected chi connectivity index (χ4v) is 2.67. The van der Waals surface area contributed by atoms with E-state index in [-0.39, 0.29) is 5.91 Å². The highest BCUT2D eigenvalue weighted by Crippen LogP contribution is 2.40. The third-order valence-electron chi connectivity index (χ3n) is 4.26. The minimum atomic E-state index is -0.105. The molecule has 25 heavy (non-hydrogen) atoms. The quantitative estimate of drug-likeness (QED) is 0.612. The summed E-state index contributed by atoms with van der Waals surface area (Å²) < 4.78 is 16.0. The molecule has 1 amide bonds. The molecule has 1 N–H and O–H groups in total. The van der Waals surface area contributed by atoms with Gasteiger partial charge in [0.25, 0.3) is 0 Å². The third-order valence-corrected chi connectivity index (χ3v) is 4.26. The van der Waals surface area contributed by atoms with Gasteiger partial charge in [0.1, 0.15) is 0 Å². The molecule has 0 aromatic heterocycles. The molecule has 5 heteroatoms. The van der Waals surface area contributed by atoms with Gasteiger partial charge in [0.2, 0.25) is 11.7 Å². The van der Waals surface area contributed by atoms with Gasteiger partial charge in [0.15, 0.2) is 11.5 Å². The first-order chi connectivity index (χ1) is 12.1. The zero-order valence-corrected chi connectivity index (χ0v) is 16.1. The summed E-state index contributed by atoms with van der Waals surface area (Å²) in [6.45, 7) is 5.06. The Kier molecular flexibility index (Phi) is 9.51. The van der Waals surface area contributed by atoms with E-state index in [0.717, 1.165) is 18.4 Å². The second-order valence-corrected chi connectivity index (χ2v) is 5.92. The Morgan fingerprint density at radius 2 is 1.84 bits per heavy atom. The number of nitrogens with one attached hydrogen (secondary N) is 1. The molecule has 0 saturated carbocycles. The normalized spacial score (nSPS) is 12.0. The zero-order valence-electron chi connectivity index (χ0n) is 16.1. The number of methoxy groups -OCH3 is 3. The van der Waals surface area contributed by atoms with E-state index in [4.69, 9.17) is 14.2 Å². The van der Waals surface area contributed by atoms with Crippen LogP contribution in [0.15, 0.2) is 18.2 Å². The SMILES string of the molecule is CCCC[C@@H](CC)CNC(=O)/C=C/c1ccc(OC)c(OC)c1OC. The van der Waals surface area contributed by atoms with Gasteiger partial charge in [0, 0.05) is 18.2 Å². The molecule has 0 saturated heterocycles. The monoisotopic (exact) mass is 349 g/mol. The first-order valence-electron chi connectivity index (χ1n) is 8.86. The molecule has 0 heterocycles. The molecular formula is C20H31NO4. The predicted molar refractivity (Wildman–Crippen MR) is 101 cm³/mol. The highest BCUT2D eigenvalue weighted by molar-refractivity contribution is 5.92. The van der Waals surface area contributed by atoms with Gasteiger partial charge in [-0.1, -0.05) is 33.1 Å². The van der Waals surface area contributed by atoms with Crippen LogP contribution >= 0.6 is 0 Å². The number of carbonyl (C=O) groups is 1. The molecule has 0 aliphatic carbocycles. The van der Waals surface area contributed by atoms with Gasteiger partial charge in [-0.2, -0.15) is 0 Å². The van der Waals surface area contributed by atoms with Crippen LogP contribution in [0.4, 0.5) is 0 Å². The number of unbranched alkanes of at least 4 members (excludes halogenated alkanes) is 1. The molecule has 0 radical (unpaired) electrons. The summed E-state index contributed by atoms with van der Waals surface area (Å²) in [5, 5.41) is 2.98. The van der Waals surface area contributed by atoms with Gasteiger partial charge < -0.3 is 19.5 Å². The third kappa shape index (κ3) is 6.33. The van der Waals surface area contributed by atoms with Crippen molar-refractivity contribution in [1.82, 2.24) is 5.32 Å². The minimum absolute atomic E-state index is 0.105. The molecule has 0 aliphatic heterocycles. The standard InChI is InChI=1S/C20H31NO4/c1-6-8-9-15(7-2)14-21-18(22)13-11-16-10-12-17(23-3)20(25-5)19(16)24-4/h10-13,15H,6-9,14H2,1-5H3,(H,21,22)/b13-11+/t15-/m1/s1. The summed E-state index contributed by atoms with van der Waals surface area (Å²) in [6.07, 6.45) is 7.87. The molecular weight excluding hydrogens is 318 g/mol. The molecule has 0 fully saturated rings. The fraction of sp³-hybridized carbons (Fsp3) is 0.550. The Bertz CT molecular complexity index is 569. The van der Waals surface area contributed by atoms with Crippen molar-refractivity contribution in [3.05, 3.63) is 23.8 Å². The summed E-state index contributed by atoms with van der Waals surface area (Å²) >= 11 is 0. The highest BCUT2D eigenvalue weighted by atomic mass is 16.5. The number of rotatable bonds is 11. The van der Waals surface area contributed by atoms with Crippen molar-refractivity contribution >= 4 is 12.0 Å². The van der Waals surface area contributed by atoms with Crippen LogP contribution in [0.25, 0.3) is 6.08 Å². The smallest absolute Gasteiger partial charge is 0.244 e. The summed E-state index contributed by atoms with van der Waals surface area (Å²) in [6, 6.07) is 3.62. The van der Waals surface area contributed by atoms with E-state index < -0.39 is 0 Å². The van der Waals surface area contributed by atoms with E-state index in [0.29, 0.717) is 29.7 Å². The number of benzene rings is 1. The van der Waals surface area contributed by atoms with Crippen molar-refractivity contribution in [2.75, 3.05) is 27.9 Å². The van der Waals surface area contributed by atoms with Crippen molar-refractivity contribution in [2.45, 2.75) is 39.5 Å². The zero-order chi connectivity index (χ0) is 18.7. The molecule has 140 valence electrons. The molecule has 1 rings (SSSR count). The minimum Gasteiger partial charge on any atom is -0.493 e. The Morgan fingerprint density at radius 3 is 2.40 bits per heavy atom. The maximum Gasteiger partial charge on any atom is 0.244 e. The first-order valence-corrected chi connectivity index (χ1v) is 8.86. The van der Waals surface area contributed by atoms with Crippen LogP contribution < -0.4 is 19.5 Å². The molecule has 5 nitrogen and oxygen atoms in total. The van der Waals surface area contributed by atoms with Crippen molar-refractivity contribution in [1.29, 1.82) is 0 Å². The number of hydrogen-bond donors (Lipinski definition) is 1. The number of ether oxygens (including phenoxy) is 3. The van der Waals surface area contributed by atoms with Gasteiger partial charge in [-0.25, -0.2) is 0 Å². The molecule has 0 bridgehead atoms.